The van der Waals surface area contributed by atoms with E-state index in [-0.39, 0.29) is 11.9 Å². The van der Waals surface area contributed by atoms with E-state index in [0.29, 0.717) is 6.42 Å². The quantitative estimate of drug-likeness (QED) is 0.145. The first-order valence-electron chi connectivity index (χ1n) is 4.30. The standard InChI is InChI=1S/C9H17N3O/c1-3-4-5-6-11-8(2)7-9(10)12-13/h8,11,13H,5-7H2,1-2H3,(H2,10,12). The largest absolute Gasteiger partial charge is 0.409 e. The molecule has 4 N–H and O–H groups in total. The van der Waals surface area contributed by atoms with Crippen molar-refractivity contribution in [3.05, 3.63) is 0 Å². The van der Waals surface area contributed by atoms with Gasteiger partial charge in [-0.1, -0.05) is 5.16 Å². The van der Waals surface area contributed by atoms with Gasteiger partial charge in [0.05, 0.1) is 0 Å². The lowest BCUT2D eigenvalue weighted by atomic mass is 10.2. The minimum absolute atomic E-state index is 0.217. The summed E-state index contributed by atoms with van der Waals surface area (Å²) in [5.74, 6) is 6.01. The van der Waals surface area contributed by atoms with Crippen LogP contribution in [-0.4, -0.2) is 23.6 Å². The smallest absolute Gasteiger partial charge is 0.140 e. The first-order chi connectivity index (χ1) is 6.20. The highest BCUT2D eigenvalue weighted by atomic mass is 16.4. The number of nitrogens with zero attached hydrogens (tertiary/aromatic N) is 1. The van der Waals surface area contributed by atoms with Gasteiger partial charge in [-0.25, -0.2) is 0 Å². The molecule has 0 bridgehead atoms. The molecular weight excluding hydrogens is 166 g/mol. The van der Waals surface area contributed by atoms with Crippen LogP contribution in [-0.2, 0) is 0 Å². The summed E-state index contributed by atoms with van der Waals surface area (Å²) in [6.07, 6.45) is 1.38. The minimum Gasteiger partial charge on any atom is -0.409 e. The number of amidine groups is 1. The number of rotatable bonds is 5. The molecule has 0 aromatic carbocycles. The molecule has 0 fully saturated rings. The molecule has 4 nitrogen and oxygen atoms in total. The number of oxime groups is 1. The summed E-state index contributed by atoms with van der Waals surface area (Å²) in [5, 5.41) is 14.4. The van der Waals surface area contributed by atoms with E-state index in [2.05, 4.69) is 22.3 Å². The van der Waals surface area contributed by atoms with Gasteiger partial charge in [0, 0.05) is 25.4 Å². The van der Waals surface area contributed by atoms with Gasteiger partial charge in [-0.15, -0.1) is 11.8 Å². The third-order valence-electron chi connectivity index (χ3n) is 1.56. The molecule has 0 spiro atoms. The lowest BCUT2D eigenvalue weighted by Gasteiger charge is -2.10. The number of nitrogens with one attached hydrogen (secondary N) is 1. The Balaban J connectivity index is 3.49. The van der Waals surface area contributed by atoms with Crippen molar-refractivity contribution in [1.29, 1.82) is 0 Å². The highest BCUT2D eigenvalue weighted by molar-refractivity contribution is 5.80. The van der Waals surface area contributed by atoms with E-state index in [1.165, 1.54) is 0 Å². The van der Waals surface area contributed by atoms with Crippen molar-refractivity contribution in [3.8, 4) is 11.8 Å². The molecule has 74 valence electrons. The van der Waals surface area contributed by atoms with Crippen molar-refractivity contribution >= 4 is 5.84 Å². The monoisotopic (exact) mass is 183 g/mol. The topological polar surface area (TPSA) is 70.6 Å². The second kappa shape index (κ2) is 7.44. The van der Waals surface area contributed by atoms with Gasteiger partial charge in [0.25, 0.3) is 0 Å². The van der Waals surface area contributed by atoms with Gasteiger partial charge in [0.2, 0.25) is 0 Å². The summed E-state index contributed by atoms with van der Waals surface area (Å²) in [6, 6.07) is 0.217. The second-order valence-corrected chi connectivity index (χ2v) is 2.83. The van der Waals surface area contributed by atoms with Crippen molar-refractivity contribution in [3.63, 3.8) is 0 Å². The summed E-state index contributed by atoms with van der Waals surface area (Å²) < 4.78 is 0. The Bertz CT molecular complexity index is 215. The maximum absolute atomic E-state index is 8.31. The molecule has 0 saturated heterocycles. The van der Waals surface area contributed by atoms with Crippen LogP contribution in [0.3, 0.4) is 0 Å². The molecule has 0 radical (unpaired) electrons. The molecule has 0 aromatic rings. The molecule has 0 aliphatic rings. The Morgan fingerprint density at radius 1 is 1.69 bits per heavy atom. The van der Waals surface area contributed by atoms with Crippen molar-refractivity contribution in [2.45, 2.75) is 32.7 Å². The third-order valence-corrected chi connectivity index (χ3v) is 1.56. The highest BCUT2D eigenvalue weighted by Crippen LogP contribution is 1.90. The lowest BCUT2D eigenvalue weighted by Crippen LogP contribution is -2.31. The van der Waals surface area contributed by atoms with E-state index in [1.54, 1.807) is 0 Å². The van der Waals surface area contributed by atoms with Gasteiger partial charge >= 0.3 is 0 Å². The average molecular weight is 183 g/mol. The molecule has 0 heterocycles. The fourth-order valence-electron chi connectivity index (χ4n) is 0.933. The van der Waals surface area contributed by atoms with E-state index in [4.69, 9.17) is 10.9 Å². The molecular formula is C9H17N3O. The molecule has 1 atom stereocenters. The first-order valence-corrected chi connectivity index (χ1v) is 4.30. The number of hydrogen-bond donors (Lipinski definition) is 3. The number of hydrogen-bond acceptors (Lipinski definition) is 3. The Labute approximate surface area is 79.2 Å². The maximum atomic E-state index is 8.31. The predicted octanol–water partition coefficient (Wildman–Crippen LogP) is 0.514. The molecule has 0 amide bonds. The molecule has 4 heteroatoms. The predicted molar refractivity (Wildman–Crippen MR) is 53.6 cm³/mol. The summed E-state index contributed by atoms with van der Waals surface area (Å²) in [5.41, 5.74) is 5.34. The Morgan fingerprint density at radius 2 is 2.38 bits per heavy atom. The van der Waals surface area contributed by atoms with E-state index in [0.717, 1.165) is 13.0 Å². The fourth-order valence-corrected chi connectivity index (χ4v) is 0.933. The van der Waals surface area contributed by atoms with Gasteiger partial charge in [0.15, 0.2) is 0 Å². The zero-order valence-corrected chi connectivity index (χ0v) is 8.17. The molecule has 0 aliphatic heterocycles. The second-order valence-electron chi connectivity index (χ2n) is 2.83. The van der Waals surface area contributed by atoms with Gasteiger partial charge in [-0.05, 0) is 13.8 Å². The molecule has 0 aromatic heterocycles. The molecule has 0 aliphatic carbocycles. The van der Waals surface area contributed by atoms with Crippen LogP contribution in [0, 0.1) is 11.8 Å². The van der Waals surface area contributed by atoms with Crippen LogP contribution in [0.1, 0.15) is 26.7 Å². The van der Waals surface area contributed by atoms with Crippen LogP contribution >= 0.6 is 0 Å². The number of nitrogens with two attached hydrogens (primary N) is 1. The van der Waals surface area contributed by atoms with Crippen molar-refractivity contribution in [2.75, 3.05) is 6.54 Å². The Hall–Kier alpha value is -1.21. The van der Waals surface area contributed by atoms with E-state index in [9.17, 15) is 0 Å². The molecule has 0 saturated carbocycles. The van der Waals surface area contributed by atoms with Crippen LogP contribution in [0.15, 0.2) is 5.16 Å². The normalized spacial score (nSPS) is 13.2. The Morgan fingerprint density at radius 3 is 2.92 bits per heavy atom. The van der Waals surface area contributed by atoms with Gasteiger partial charge < -0.3 is 16.3 Å². The summed E-state index contributed by atoms with van der Waals surface area (Å²) in [6.45, 7) is 4.64. The van der Waals surface area contributed by atoms with E-state index >= 15 is 0 Å². The van der Waals surface area contributed by atoms with Gasteiger partial charge in [-0.3, -0.25) is 0 Å². The summed E-state index contributed by atoms with van der Waals surface area (Å²) in [4.78, 5) is 0. The zero-order valence-electron chi connectivity index (χ0n) is 8.17. The SMILES string of the molecule is CC#CCCNC(C)CC(N)=NO. The third kappa shape index (κ3) is 7.16. The van der Waals surface area contributed by atoms with Crippen LogP contribution in [0.25, 0.3) is 0 Å². The Kier molecular flexibility index (Phi) is 6.75. The molecule has 13 heavy (non-hydrogen) atoms. The van der Waals surface area contributed by atoms with Gasteiger partial charge in [0.1, 0.15) is 5.84 Å². The van der Waals surface area contributed by atoms with Crippen LogP contribution in [0.2, 0.25) is 0 Å². The van der Waals surface area contributed by atoms with Gasteiger partial charge in [-0.2, -0.15) is 0 Å². The summed E-state index contributed by atoms with van der Waals surface area (Å²) in [7, 11) is 0. The van der Waals surface area contributed by atoms with Crippen LogP contribution in [0.4, 0.5) is 0 Å². The van der Waals surface area contributed by atoms with Crippen molar-refractivity contribution < 1.29 is 5.21 Å². The zero-order chi connectivity index (χ0) is 10.1. The van der Waals surface area contributed by atoms with Crippen molar-refractivity contribution in [1.82, 2.24) is 5.32 Å². The molecule has 1 unspecified atom stereocenters. The first kappa shape index (κ1) is 11.8. The maximum Gasteiger partial charge on any atom is 0.140 e. The minimum atomic E-state index is 0.217. The average Bonchev–Trinajstić information content (AvgIpc) is 2.12. The summed E-state index contributed by atoms with van der Waals surface area (Å²) >= 11 is 0. The van der Waals surface area contributed by atoms with Crippen LogP contribution < -0.4 is 11.1 Å². The van der Waals surface area contributed by atoms with E-state index in [1.807, 2.05) is 13.8 Å². The molecule has 0 rings (SSSR count). The van der Waals surface area contributed by atoms with Crippen LogP contribution in [0.5, 0.6) is 0 Å². The lowest BCUT2D eigenvalue weighted by molar-refractivity contribution is 0.316. The highest BCUT2D eigenvalue weighted by Gasteiger charge is 2.02. The fraction of sp³-hybridized carbons (Fsp3) is 0.667. The van der Waals surface area contributed by atoms with E-state index < -0.39 is 0 Å². The van der Waals surface area contributed by atoms with Crippen molar-refractivity contribution in [2.24, 2.45) is 10.9 Å².